The van der Waals surface area contributed by atoms with Crippen LogP contribution in [-0.4, -0.2) is 32.3 Å². The molecule has 0 unspecified atom stereocenters. The van der Waals surface area contributed by atoms with Crippen molar-refractivity contribution in [1.82, 2.24) is 20.1 Å². The molecule has 0 atom stereocenters. The Kier molecular flexibility index (Phi) is 6.49. The van der Waals surface area contributed by atoms with Crippen LogP contribution < -0.4 is 10.6 Å². The zero-order valence-corrected chi connectivity index (χ0v) is 18.3. The van der Waals surface area contributed by atoms with Crippen molar-refractivity contribution in [3.05, 3.63) is 58.2 Å². The largest absolute Gasteiger partial charge is 0.348 e. The molecule has 0 spiro atoms. The molecule has 4 rings (SSSR count). The Morgan fingerprint density at radius 1 is 1.20 bits per heavy atom. The molecule has 1 aromatic carbocycles. The molecular weight excluding hydrogens is 418 g/mol. The highest BCUT2D eigenvalue weighted by atomic mass is 32.2. The van der Waals surface area contributed by atoms with Crippen molar-refractivity contribution in [2.75, 3.05) is 11.1 Å². The van der Waals surface area contributed by atoms with Crippen LogP contribution in [0.15, 0.2) is 41.8 Å². The second kappa shape index (κ2) is 9.44. The van der Waals surface area contributed by atoms with E-state index in [2.05, 4.69) is 20.8 Å². The van der Waals surface area contributed by atoms with Gasteiger partial charge in [-0.25, -0.2) is 0 Å². The molecule has 0 aliphatic heterocycles. The normalized spacial score (nSPS) is 13.0. The first-order chi connectivity index (χ1) is 14.6. The van der Waals surface area contributed by atoms with Crippen molar-refractivity contribution >= 4 is 39.9 Å². The molecule has 0 saturated heterocycles. The molecule has 30 heavy (non-hydrogen) atoms. The molecule has 0 bridgehead atoms. The van der Waals surface area contributed by atoms with Gasteiger partial charge in [0.2, 0.25) is 5.91 Å². The summed E-state index contributed by atoms with van der Waals surface area (Å²) >= 11 is 2.85. The van der Waals surface area contributed by atoms with E-state index in [4.69, 9.17) is 0 Å². The standard InChI is InChI=1S/C21H23N5O2S2/c1-26-13-23-25-21(26)29-12-17(27)24-20-18(15-9-5-6-10-16(15)30-20)19(28)22-11-14-7-3-2-4-8-14/h2-4,7-8,13H,5-6,9-12H2,1H3,(H,22,28)(H,24,27). The summed E-state index contributed by atoms with van der Waals surface area (Å²) in [5.41, 5.74) is 2.76. The predicted molar refractivity (Wildman–Crippen MR) is 119 cm³/mol. The number of carbonyl (C=O) groups excluding carboxylic acids is 2. The number of hydrogen-bond acceptors (Lipinski definition) is 6. The molecule has 0 saturated carbocycles. The summed E-state index contributed by atoms with van der Waals surface area (Å²) in [6, 6.07) is 9.82. The summed E-state index contributed by atoms with van der Waals surface area (Å²) in [7, 11) is 1.84. The van der Waals surface area contributed by atoms with Crippen LogP contribution in [0.2, 0.25) is 0 Å². The third kappa shape index (κ3) is 4.73. The van der Waals surface area contributed by atoms with Crippen molar-refractivity contribution < 1.29 is 9.59 Å². The van der Waals surface area contributed by atoms with Crippen molar-refractivity contribution in [1.29, 1.82) is 0 Å². The molecule has 7 nitrogen and oxygen atoms in total. The van der Waals surface area contributed by atoms with E-state index in [1.54, 1.807) is 10.9 Å². The molecule has 2 aromatic heterocycles. The number of amides is 2. The molecule has 3 aromatic rings. The van der Waals surface area contributed by atoms with Gasteiger partial charge in [0.1, 0.15) is 11.3 Å². The minimum atomic E-state index is -0.154. The Bertz CT molecular complexity index is 1050. The summed E-state index contributed by atoms with van der Waals surface area (Å²) in [4.78, 5) is 26.8. The lowest BCUT2D eigenvalue weighted by atomic mass is 9.95. The van der Waals surface area contributed by atoms with Crippen molar-refractivity contribution in [2.24, 2.45) is 7.05 Å². The van der Waals surface area contributed by atoms with Gasteiger partial charge >= 0.3 is 0 Å². The van der Waals surface area contributed by atoms with Crippen LogP contribution in [0, 0.1) is 0 Å². The second-order valence-electron chi connectivity index (χ2n) is 7.14. The van der Waals surface area contributed by atoms with Crippen LogP contribution in [0.1, 0.15) is 39.2 Å². The van der Waals surface area contributed by atoms with E-state index in [1.165, 1.54) is 28.0 Å². The highest BCUT2D eigenvalue weighted by Crippen LogP contribution is 2.38. The lowest BCUT2D eigenvalue weighted by Gasteiger charge is -2.13. The second-order valence-corrected chi connectivity index (χ2v) is 9.19. The lowest BCUT2D eigenvalue weighted by molar-refractivity contribution is -0.113. The molecule has 2 heterocycles. The number of nitrogens with zero attached hydrogens (tertiary/aromatic N) is 3. The first-order valence-electron chi connectivity index (χ1n) is 9.85. The summed E-state index contributed by atoms with van der Waals surface area (Å²) < 4.78 is 1.77. The van der Waals surface area contributed by atoms with E-state index < -0.39 is 0 Å². The maximum atomic E-state index is 13.1. The van der Waals surface area contributed by atoms with E-state index in [1.807, 2.05) is 37.4 Å². The first kappa shape index (κ1) is 20.6. The first-order valence-corrected chi connectivity index (χ1v) is 11.7. The van der Waals surface area contributed by atoms with Gasteiger partial charge in [-0.05, 0) is 36.8 Å². The summed E-state index contributed by atoms with van der Waals surface area (Å²) in [5, 5.41) is 15.1. The maximum Gasteiger partial charge on any atom is 0.254 e. The smallest absolute Gasteiger partial charge is 0.254 e. The maximum absolute atomic E-state index is 13.1. The monoisotopic (exact) mass is 441 g/mol. The third-order valence-corrected chi connectivity index (χ3v) is 7.19. The molecule has 156 valence electrons. The van der Waals surface area contributed by atoms with E-state index in [0.717, 1.165) is 36.8 Å². The number of thioether (sulfide) groups is 1. The summed E-state index contributed by atoms with van der Waals surface area (Å²) in [6.07, 6.45) is 5.63. The number of benzene rings is 1. The topological polar surface area (TPSA) is 88.9 Å². The molecule has 0 fully saturated rings. The van der Waals surface area contributed by atoms with Crippen LogP contribution in [0.3, 0.4) is 0 Å². The van der Waals surface area contributed by atoms with Gasteiger partial charge in [0.05, 0.1) is 11.3 Å². The molecule has 1 aliphatic rings. The van der Waals surface area contributed by atoms with Gasteiger partial charge in [-0.2, -0.15) is 0 Å². The van der Waals surface area contributed by atoms with Crippen LogP contribution in [0.4, 0.5) is 5.00 Å². The number of thiophene rings is 1. The fourth-order valence-corrected chi connectivity index (χ4v) is 5.45. The SMILES string of the molecule is Cn1cnnc1SCC(=O)Nc1sc2c(c1C(=O)NCc1ccccc1)CCCC2. The van der Waals surface area contributed by atoms with E-state index in [0.29, 0.717) is 22.3 Å². The fraction of sp³-hybridized carbons (Fsp3) is 0.333. The minimum absolute atomic E-state index is 0.130. The number of fused-ring (bicyclic) bond motifs is 1. The van der Waals surface area contributed by atoms with Gasteiger partial charge in [0.15, 0.2) is 5.16 Å². The highest BCUT2D eigenvalue weighted by molar-refractivity contribution is 7.99. The average Bonchev–Trinajstić information content (AvgIpc) is 3.33. The number of carbonyl (C=O) groups is 2. The van der Waals surface area contributed by atoms with E-state index in [-0.39, 0.29) is 17.6 Å². The predicted octanol–water partition coefficient (Wildman–Crippen LogP) is 3.42. The molecule has 2 amide bonds. The van der Waals surface area contributed by atoms with Crippen molar-refractivity contribution in [3.63, 3.8) is 0 Å². The molecule has 0 radical (unpaired) electrons. The lowest BCUT2D eigenvalue weighted by Crippen LogP contribution is -2.25. The van der Waals surface area contributed by atoms with E-state index >= 15 is 0 Å². The number of anilines is 1. The van der Waals surface area contributed by atoms with Crippen LogP contribution >= 0.6 is 23.1 Å². The van der Waals surface area contributed by atoms with Gasteiger partial charge in [-0.15, -0.1) is 21.5 Å². The molecule has 9 heteroatoms. The third-order valence-electron chi connectivity index (χ3n) is 4.95. The fourth-order valence-electron chi connectivity index (χ4n) is 3.46. The summed E-state index contributed by atoms with van der Waals surface area (Å²) in [6.45, 7) is 0.458. The van der Waals surface area contributed by atoms with Gasteiger partial charge in [-0.3, -0.25) is 9.59 Å². The van der Waals surface area contributed by atoms with E-state index in [9.17, 15) is 9.59 Å². The van der Waals surface area contributed by atoms with Gasteiger partial charge in [-0.1, -0.05) is 42.1 Å². The molecule has 1 aliphatic carbocycles. The Balaban J connectivity index is 1.48. The number of aromatic nitrogens is 3. The highest BCUT2D eigenvalue weighted by Gasteiger charge is 2.26. The number of nitrogens with one attached hydrogen (secondary N) is 2. The molecular formula is C21H23N5O2S2. The zero-order chi connectivity index (χ0) is 20.9. The Labute approximate surface area is 183 Å². The van der Waals surface area contributed by atoms with Gasteiger partial charge in [0.25, 0.3) is 5.91 Å². The number of aryl methyl sites for hydroxylation is 2. The minimum Gasteiger partial charge on any atom is -0.348 e. The summed E-state index contributed by atoms with van der Waals surface area (Å²) in [5.74, 6) is -0.0756. The average molecular weight is 442 g/mol. The number of hydrogen-bond donors (Lipinski definition) is 2. The van der Waals surface area contributed by atoms with Gasteiger partial charge < -0.3 is 15.2 Å². The Morgan fingerprint density at radius 2 is 2.00 bits per heavy atom. The van der Waals surface area contributed by atoms with Crippen molar-refractivity contribution in [2.45, 2.75) is 37.4 Å². The van der Waals surface area contributed by atoms with Crippen molar-refractivity contribution in [3.8, 4) is 0 Å². The Hall–Kier alpha value is -2.65. The molecule has 2 N–H and O–H groups in total. The van der Waals surface area contributed by atoms with Gasteiger partial charge in [0, 0.05) is 18.5 Å². The van der Waals surface area contributed by atoms with Crippen LogP contribution in [0.5, 0.6) is 0 Å². The quantitative estimate of drug-likeness (QED) is 0.549. The zero-order valence-electron chi connectivity index (χ0n) is 16.7. The Morgan fingerprint density at radius 3 is 2.77 bits per heavy atom. The number of rotatable bonds is 7. The van der Waals surface area contributed by atoms with Crippen LogP contribution in [0.25, 0.3) is 0 Å². The van der Waals surface area contributed by atoms with Crippen LogP contribution in [-0.2, 0) is 31.2 Å².